The van der Waals surface area contributed by atoms with Gasteiger partial charge in [-0.3, -0.25) is 9.59 Å². The number of morpholine rings is 1. The number of hydrogen-bond acceptors (Lipinski definition) is 3. The van der Waals surface area contributed by atoms with Gasteiger partial charge in [0.2, 0.25) is 0 Å². The fraction of sp³-hybridized carbons (Fsp3) is 0.304. The number of ether oxygens (including phenoxy) is 1. The molecule has 0 spiro atoms. The van der Waals surface area contributed by atoms with E-state index < -0.39 is 0 Å². The third-order valence-corrected chi connectivity index (χ3v) is 5.28. The number of carbonyl (C=O) groups is 1. The topological polar surface area (TPSA) is 67.3 Å². The van der Waals surface area contributed by atoms with Crippen LogP contribution < -0.4 is 5.56 Å². The van der Waals surface area contributed by atoms with Crippen molar-refractivity contribution in [1.82, 2.24) is 14.5 Å². The smallest absolute Gasteiger partial charge is 0.275 e. The first kappa shape index (κ1) is 19.2. The first-order chi connectivity index (χ1) is 14.1. The van der Waals surface area contributed by atoms with E-state index in [0.717, 1.165) is 22.2 Å². The van der Waals surface area contributed by atoms with Crippen molar-refractivity contribution in [1.29, 1.82) is 0 Å². The van der Waals surface area contributed by atoms with Gasteiger partial charge in [-0.15, -0.1) is 0 Å². The van der Waals surface area contributed by atoms with E-state index >= 15 is 0 Å². The van der Waals surface area contributed by atoms with Crippen LogP contribution in [-0.2, 0) is 11.3 Å². The summed E-state index contributed by atoms with van der Waals surface area (Å²) in [6.45, 7) is 6.82. The number of H-pyrrole nitrogens is 1. The molecule has 150 valence electrons. The molecule has 0 bridgehead atoms. The van der Waals surface area contributed by atoms with Gasteiger partial charge in [0.1, 0.15) is 5.52 Å². The fourth-order valence-corrected chi connectivity index (χ4v) is 3.72. The van der Waals surface area contributed by atoms with E-state index in [4.69, 9.17) is 4.74 Å². The van der Waals surface area contributed by atoms with E-state index in [9.17, 15) is 9.59 Å². The fourth-order valence-electron chi connectivity index (χ4n) is 3.72. The minimum Gasteiger partial charge on any atom is -0.378 e. The number of fused-ring (bicyclic) bond motifs is 1. The van der Waals surface area contributed by atoms with Crippen molar-refractivity contribution in [3.63, 3.8) is 0 Å². The highest BCUT2D eigenvalue weighted by molar-refractivity contribution is 5.97. The molecule has 2 aromatic heterocycles. The summed E-state index contributed by atoms with van der Waals surface area (Å²) in [5.74, 6) is 0.0283. The average Bonchev–Trinajstić information content (AvgIpc) is 3.15. The molecule has 29 heavy (non-hydrogen) atoms. The number of aromatic amines is 1. The lowest BCUT2D eigenvalue weighted by Crippen LogP contribution is -2.40. The molecule has 1 saturated heterocycles. The second kappa shape index (κ2) is 8.09. The molecule has 0 aliphatic carbocycles. The molecular formula is C23H25N3O3. The Kier molecular flexibility index (Phi) is 5.36. The molecule has 1 aliphatic rings. The van der Waals surface area contributed by atoms with E-state index in [1.807, 2.05) is 67.4 Å². The molecule has 0 atom stereocenters. The lowest BCUT2D eigenvalue weighted by atomic mass is 10.0. The maximum atomic E-state index is 12.8. The van der Waals surface area contributed by atoms with Gasteiger partial charge < -0.3 is 19.2 Å². The van der Waals surface area contributed by atoms with Gasteiger partial charge in [0.25, 0.3) is 11.5 Å². The molecule has 1 amide bonds. The molecule has 0 saturated carbocycles. The molecule has 0 radical (unpaired) electrons. The van der Waals surface area contributed by atoms with Crippen LogP contribution in [0.3, 0.4) is 0 Å². The Bertz CT molecular complexity index is 1120. The Balaban J connectivity index is 1.73. The molecule has 3 aromatic rings. The lowest BCUT2D eigenvalue weighted by Gasteiger charge is -2.26. The molecule has 6 heteroatoms. The molecular weight excluding hydrogens is 366 g/mol. The first-order valence-corrected chi connectivity index (χ1v) is 9.90. The van der Waals surface area contributed by atoms with Gasteiger partial charge in [-0.2, -0.15) is 0 Å². The second-order valence-electron chi connectivity index (χ2n) is 7.29. The zero-order chi connectivity index (χ0) is 20.4. The molecule has 3 heterocycles. The number of nitrogens with one attached hydrogen (secondary N) is 1. The Morgan fingerprint density at radius 3 is 2.62 bits per heavy atom. The highest BCUT2D eigenvalue weighted by atomic mass is 16.5. The summed E-state index contributed by atoms with van der Waals surface area (Å²) in [6, 6.07) is 9.63. The van der Waals surface area contributed by atoms with Crippen molar-refractivity contribution >= 4 is 16.8 Å². The van der Waals surface area contributed by atoms with E-state index in [1.165, 1.54) is 0 Å². The van der Waals surface area contributed by atoms with Crippen molar-refractivity contribution in [3.8, 4) is 11.1 Å². The number of benzene rings is 1. The average molecular weight is 391 g/mol. The Hall–Kier alpha value is -3.12. The highest BCUT2D eigenvalue weighted by Gasteiger charge is 2.19. The van der Waals surface area contributed by atoms with Crippen LogP contribution in [0.2, 0.25) is 0 Å². The summed E-state index contributed by atoms with van der Waals surface area (Å²) in [7, 11) is 0. The van der Waals surface area contributed by atoms with Crippen LogP contribution in [0.4, 0.5) is 0 Å². The van der Waals surface area contributed by atoms with Crippen molar-refractivity contribution in [2.24, 2.45) is 0 Å². The molecule has 1 fully saturated rings. The number of allylic oxidation sites excluding steroid dienone is 2. The maximum absolute atomic E-state index is 12.8. The number of nitrogens with zero attached hydrogens (tertiary/aromatic N) is 2. The van der Waals surface area contributed by atoms with Crippen LogP contribution in [-0.4, -0.2) is 46.7 Å². The van der Waals surface area contributed by atoms with Gasteiger partial charge >= 0.3 is 0 Å². The number of amides is 1. The number of aryl methyl sites for hydroxylation is 1. The predicted molar refractivity (Wildman–Crippen MR) is 114 cm³/mol. The van der Waals surface area contributed by atoms with Crippen molar-refractivity contribution in [2.75, 3.05) is 26.3 Å². The molecule has 6 nitrogen and oxygen atoms in total. The first-order valence-electron chi connectivity index (χ1n) is 9.90. The number of pyridine rings is 1. The Morgan fingerprint density at radius 1 is 1.21 bits per heavy atom. The van der Waals surface area contributed by atoms with Gasteiger partial charge in [-0.05, 0) is 37.6 Å². The van der Waals surface area contributed by atoms with E-state index in [2.05, 4.69) is 4.98 Å². The Labute approximate surface area is 169 Å². The number of hydrogen-bond donors (Lipinski definition) is 1. The predicted octanol–water partition coefficient (Wildman–Crippen LogP) is 3.35. The van der Waals surface area contributed by atoms with Crippen LogP contribution in [0, 0.1) is 6.92 Å². The van der Waals surface area contributed by atoms with Crippen LogP contribution >= 0.6 is 0 Å². The van der Waals surface area contributed by atoms with Gasteiger partial charge in [0.05, 0.1) is 13.2 Å². The standard InChI is InChI=1S/C23H25N3O3/c1-3-4-9-26-15-20(19-14-16(2)24-21(19)23(26)28)17-5-7-18(8-6-17)22(27)25-10-12-29-13-11-25/h3-8,14-15,24H,9-13H2,1-2H3. The minimum absolute atomic E-state index is 0.0283. The largest absolute Gasteiger partial charge is 0.378 e. The zero-order valence-electron chi connectivity index (χ0n) is 16.8. The number of carbonyl (C=O) groups excluding carboxylic acids is 1. The summed E-state index contributed by atoms with van der Waals surface area (Å²) in [4.78, 5) is 30.5. The monoisotopic (exact) mass is 391 g/mol. The van der Waals surface area contributed by atoms with Crippen molar-refractivity contribution in [2.45, 2.75) is 20.4 Å². The molecule has 0 unspecified atom stereocenters. The van der Waals surface area contributed by atoms with Crippen LogP contribution in [0.5, 0.6) is 0 Å². The Morgan fingerprint density at radius 2 is 1.93 bits per heavy atom. The molecule has 1 N–H and O–H groups in total. The molecule has 1 aliphatic heterocycles. The van der Waals surface area contributed by atoms with Gasteiger partial charge in [-0.1, -0.05) is 24.3 Å². The summed E-state index contributed by atoms with van der Waals surface area (Å²) in [6.07, 6.45) is 5.79. The van der Waals surface area contributed by atoms with Crippen molar-refractivity contribution in [3.05, 3.63) is 70.3 Å². The van der Waals surface area contributed by atoms with Gasteiger partial charge in [-0.25, -0.2) is 0 Å². The number of rotatable bonds is 4. The quantitative estimate of drug-likeness (QED) is 0.694. The van der Waals surface area contributed by atoms with E-state index in [-0.39, 0.29) is 11.5 Å². The second-order valence-corrected chi connectivity index (χ2v) is 7.29. The zero-order valence-corrected chi connectivity index (χ0v) is 16.8. The summed E-state index contributed by atoms with van der Waals surface area (Å²) in [5, 5.41) is 0.900. The van der Waals surface area contributed by atoms with Crippen LogP contribution in [0.1, 0.15) is 23.0 Å². The summed E-state index contributed by atoms with van der Waals surface area (Å²) < 4.78 is 7.03. The highest BCUT2D eigenvalue weighted by Crippen LogP contribution is 2.28. The van der Waals surface area contributed by atoms with Gasteiger partial charge in [0.15, 0.2) is 0 Å². The van der Waals surface area contributed by atoms with E-state index in [0.29, 0.717) is 43.9 Å². The maximum Gasteiger partial charge on any atom is 0.275 e. The normalized spacial score (nSPS) is 14.8. The summed E-state index contributed by atoms with van der Waals surface area (Å²) in [5.41, 5.74) is 4.13. The molecule has 4 rings (SSSR count). The third-order valence-electron chi connectivity index (χ3n) is 5.28. The number of aromatic nitrogens is 2. The summed E-state index contributed by atoms with van der Waals surface area (Å²) >= 11 is 0. The lowest BCUT2D eigenvalue weighted by molar-refractivity contribution is 0.0303. The SMILES string of the molecule is CC=CCn1cc(-c2ccc(C(=O)N3CCOCC3)cc2)c2cc(C)[nH]c2c1=O. The van der Waals surface area contributed by atoms with Crippen LogP contribution in [0.15, 0.2) is 53.5 Å². The van der Waals surface area contributed by atoms with Crippen LogP contribution in [0.25, 0.3) is 22.0 Å². The molecule has 1 aromatic carbocycles. The van der Waals surface area contributed by atoms with Gasteiger partial charge in [0, 0.05) is 48.0 Å². The van der Waals surface area contributed by atoms with E-state index in [1.54, 1.807) is 4.57 Å². The minimum atomic E-state index is -0.0333. The third kappa shape index (κ3) is 3.76. The van der Waals surface area contributed by atoms with Crippen molar-refractivity contribution < 1.29 is 9.53 Å².